The van der Waals surface area contributed by atoms with Gasteiger partial charge in [-0.25, -0.2) is 0 Å². The smallest absolute Gasteiger partial charge is 0.310 e. The van der Waals surface area contributed by atoms with Crippen LogP contribution in [0.5, 0.6) is 0 Å². The van der Waals surface area contributed by atoms with Crippen LogP contribution in [0.1, 0.15) is 157 Å². The van der Waals surface area contributed by atoms with Crippen LogP contribution in [-0.4, -0.2) is 12.3 Å². The van der Waals surface area contributed by atoms with E-state index in [1.54, 1.807) is 0 Å². The summed E-state index contributed by atoms with van der Waals surface area (Å²) in [5, 5.41) is 0. The molecule has 0 aliphatic heterocycles. The molecular formula is C41H70O3. The van der Waals surface area contributed by atoms with E-state index in [4.69, 9.17) is 4.74 Å². The maximum atomic E-state index is 13.5. The molecule has 1 aliphatic carbocycles. The molecule has 0 aromatic heterocycles. The number of hydrogen-bond donors (Lipinski definition) is 0. The Morgan fingerprint density at radius 2 is 1.23 bits per heavy atom. The Morgan fingerprint density at radius 3 is 1.77 bits per heavy atom. The normalized spacial score (nSPS) is 22.6. The second-order valence-corrected chi connectivity index (χ2v) is 15.9. The molecule has 0 radical (unpaired) electrons. The second kappa shape index (κ2) is 22.0. The van der Waals surface area contributed by atoms with E-state index in [1.807, 2.05) is 30.3 Å². The first-order valence-electron chi connectivity index (χ1n) is 18.7. The first-order chi connectivity index (χ1) is 21.1. The number of hydrogen-bond acceptors (Lipinski definition) is 3. The Balaban J connectivity index is 1.92. The average molecular weight is 611 g/mol. The molecule has 2 rings (SSSR count). The predicted molar refractivity (Wildman–Crippen MR) is 187 cm³/mol. The van der Waals surface area contributed by atoms with Crippen LogP contribution in [0.25, 0.3) is 0 Å². The van der Waals surface area contributed by atoms with Crippen molar-refractivity contribution in [2.75, 3.05) is 0 Å². The van der Waals surface area contributed by atoms with E-state index in [-0.39, 0.29) is 24.4 Å². The fourth-order valence-electron chi connectivity index (χ4n) is 7.62. The lowest BCUT2D eigenvalue weighted by atomic mass is 9.65. The summed E-state index contributed by atoms with van der Waals surface area (Å²) in [4.78, 5) is 26.0. The first-order valence-corrected chi connectivity index (χ1v) is 18.7. The highest BCUT2D eigenvalue weighted by atomic mass is 16.5. The fourth-order valence-corrected chi connectivity index (χ4v) is 7.62. The van der Waals surface area contributed by atoms with E-state index in [0.29, 0.717) is 17.8 Å². The molecule has 0 bridgehead atoms. The maximum absolute atomic E-state index is 13.5. The van der Waals surface area contributed by atoms with Gasteiger partial charge >= 0.3 is 5.97 Å². The Labute approximate surface area is 273 Å². The van der Waals surface area contributed by atoms with Crippen molar-refractivity contribution >= 4 is 12.3 Å². The molecule has 0 spiro atoms. The van der Waals surface area contributed by atoms with Crippen molar-refractivity contribution in [3.63, 3.8) is 0 Å². The fraction of sp³-hybridized carbons (Fsp3) is 0.805. The summed E-state index contributed by atoms with van der Waals surface area (Å²) in [5.41, 5.74) is 1.00. The monoisotopic (exact) mass is 611 g/mol. The van der Waals surface area contributed by atoms with Crippen molar-refractivity contribution in [1.82, 2.24) is 0 Å². The SMILES string of the molecule is CC(C)CCCC(C)CCCC(C)CCC1CC(CCCC(C)CCCC(C)C)CC(C(=O)OCc2ccccc2)C1C=O. The minimum atomic E-state index is -0.301. The quantitative estimate of drug-likeness (QED) is 0.0914. The second-order valence-electron chi connectivity index (χ2n) is 15.9. The Hall–Kier alpha value is -1.64. The van der Waals surface area contributed by atoms with Crippen LogP contribution in [0.3, 0.4) is 0 Å². The summed E-state index contributed by atoms with van der Waals surface area (Å²) >= 11 is 0. The third-order valence-electron chi connectivity index (χ3n) is 10.6. The molecule has 1 aromatic rings. The minimum Gasteiger partial charge on any atom is -0.461 e. The van der Waals surface area contributed by atoms with Crippen molar-refractivity contribution < 1.29 is 14.3 Å². The van der Waals surface area contributed by atoms with Gasteiger partial charge in [0, 0.05) is 5.92 Å². The lowest BCUT2D eigenvalue weighted by Gasteiger charge is -2.39. The number of carbonyl (C=O) groups is 2. The number of benzene rings is 1. The van der Waals surface area contributed by atoms with Crippen LogP contribution in [0.15, 0.2) is 30.3 Å². The molecule has 3 nitrogen and oxygen atoms in total. The van der Waals surface area contributed by atoms with Gasteiger partial charge in [0.05, 0.1) is 5.92 Å². The lowest BCUT2D eigenvalue weighted by molar-refractivity contribution is -0.157. The molecule has 0 N–H and O–H groups in total. The highest BCUT2D eigenvalue weighted by Crippen LogP contribution is 2.43. The molecule has 0 amide bonds. The maximum Gasteiger partial charge on any atom is 0.310 e. The number of esters is 1. The van der Waals surface area contributed by atoms with Gasteiger partial charge in [0.1, 0.15) is 12.9 Å². The molecule has 1 saturated carbocycles. The highest BCUT2D eigenvalue weighted by Gasteiger charge is 2.41. The molecule has 1 fully saturated rings. The molecule has 0 heterocycles. The van der Waals surface area contributed by atoms with Crippen LogP contribution in [0.4, 0.5) is 0 Å². The third kappa shape index (κ3) is 16.1. The molecule has 252 valence electrons. The number of ether oxygens (including phenoxy) is 1. The Morgan fingerprint density at radius 1 is 0.705 bits per heavy atom. The van der Waals surface area contributed by atoms with E-state index >= 15 is 0 Å². The zero-order chi connectivity index (χ0) is 32.3. The molecule has 7 atom stereocenters. The number of carbonyl (C=O) groups excluding carboxylic acids is 2. The van der Waals surface area contributed by atoms with Crippen LogP contribution >= 0.6 is 0 Å². The van der Waals surface area contributed by atoms with Gasteiger partial charge in [-0.3, -0.25) is 4.79 Å². The molecule has 44 heavy (non-hydrogen) atoms. The number of aldehydes is 1. The summed E-state index contributed by atoms with van der Waals surface area (Å²) in [6, 6.07) is 9.91. The average Bonchev–Trinajstić information content (AvgIpc) is 2.98. The minimum absolute atomic E-state index is 0.165. The zero-order valence-electron chi connectivity index (χ0n) is 29.9. The summed E-state index contributed by atoms with van der Waals surface area (Å²) in [6.07, 6.45) is 20.8. The van der Waals surface area contributed by atoms with Crippen LogP contribution < -0.4 is 0 Å². The summed E-state index contributed by atoms with van der Waals surface area (Å²) in [5.74, 6) is 3.98. The van der Waals surface area contributed by atoms with Crippen LogP contribution in [0.2, 0.25) is 0 Å². The topological polar surface area (TPSA) is 43.4 Å². The molecule has 1 aromatic carbocycles. The van der Waals surface area contributed by atoms with E-state index in [1.165, 1.54) is 77.0 Å². The predicted octanol–water partition coefficient (Wildman–Crippen LogP) is 11.9. The molecule has 3 heteroatoms. The third-order valence-corrected chi connectivity index (χ3v) is 10.6. The molecule has 1 aliphatic rings. The van der Waals surface area contributed by atoms with E-state index in [9.17, 15) is 9.59 Å². The Bertz CT molecular complexity index is 877. The standard InChI is InChI=1S/C41H70O3/c1-31(2)15-11-17-33(5)19-13-20-35(7)25-26-38-27-37(24-14-21-34(6)18-12-16-32(3)4)28-39(40(38)29-42)41(43)44-30-36-22-9-8-10-23-36/h8-10,22-23,29,31-35,37-40H,11-21,24-28,30H2,1-7H3. The summed E-state index contributed by atoms with van der Waals surface area (Å²) in [7, 11) is 0. The van der Waals surface area contributed by atoms with Gasteiger partial charge in [-0.15, -0.1) is 0 Å². The molecule has 0 saturated heterocycles. The largest absolute Gasteiger partial charge is 0.461 e. The number of rotatable bonds is 23. The van der Waals surface area contributed by atoms with Gasteiger partial charge in [-0.05, 0) is 66.3 Å². The van der Waals surface area contributed by atoms with E-state index in [2.05, 4.69) is 48.5 Å². The summed E-state index contributed by atoms with van der Waals surface area (Å²) < 4.78 is 5.85. The zero-order valence-corrected chi connectivity index (χ0v) is 29.9. The summed E-state index contributed by atoms with van der Waals surface area (Å²) in [6.45, 7) is 16.8. The van der Waals surface area contributed by atoms with Crippen molar-refractivity contribution in [2.24, 2.45) is 53.3 Å². The van der Waals surface area contributed by atoms with E-state index < -0.39 is 0 Å². The lowest BCUT2D eigenvalue weighted by Crippen LogP contribution is -2.39. The van der Waals surface area contributed by atoms with Crippen molar-refractivity contribution in [2.45, 2.75) is 158 Å². The van der Waals surface area contributed by atoms with Crippen molar-refractivity contribution in [1.29, 1.82) is 0 Å². The van der Waals surface area contributed by atoms with Crippen molar-refractivity contribution in [3.8, 4) is 0 Å². The van der Waals surface area contributed by atoms with Gasteiger partial charge in [0.25, 0.3) is 0 Å². The molecule has 7 unspecified atom stereocenters. The van der Waals surface area contributed by atoms with Gasteiger partial charge in [-0.2, -0.15) is 0 Å². The van der Waals surface area contributed by atoms with Gasteiger partial charge in [0.2, 0.25) is 0 Å². The van der Waals surface area contributed by atoms with Gasteiger partial charge in [0.15, 0.2) is 0 Å². The Kier molecular flexibility index (Phi) is 19.3. The molecular weight excluding hydrogens is 540 g/mol. The van der Waals surface area contributed by atoms with Crippen LogP contribution in [0, 0.1) is 53.3 Å². The van der Waals surface area contributed by atoms with Crippen molar-refractivity contribution in [3.05, 3.63) is 35.9 Å². The van der Waals surface area contributed by atoms with Gasteiger partial charge in [-0.1, -0.05) is 162 Å². The van der Waals surface area contributed by atoms with E-state index in [0.717, 1.165) is 61.2 Å². The highest BCUT2D eigenvalue weighted by molar-refractivity contribution is 5.77. The first kappa shape index (κ1) is 38.5. The van der Waals surface area contributed by atoms with Gasteiger partial charge < -0.3 is 9.53 Å². The van der Waals surface area contributed by atoms with Crippen LogP contribution in [-0.2, 0) is 20.9 Å².